The fourth-order valence-electron chi connectivity index (χ4n) is 11.1. The molecule has 0 saturated heterocycles. The van der Waals surface area contributed by atoms with Gasteiger partial charge < -0.3 is 86.0 Å². The van der Waals surface area contributed by atoms with E-state index in [1.54, 1.807) is 27.7 Å². The molecule has 0 aliphatic carbocycles. The third-order valence-electron chi connectivity index (χ3n) is 19.5. The average Bonchev–Trinajstić information content (AvgIpc) is 0.908. The van der Waals surface area contributed by atoms with Gasteiger partial charge in [0.25, 0.3) is 0 Å². The summed E-state index contributed by atoms with van der Waals surface area (Å²) in [6, 6.07) is -1.07. The van der Waals surface area contributed by atoms with Crippen LogP contribution in [0.15, 0.2) is 0 Å². The molecule has 0 unspecified atom stereocenters. The summed E-state index contributed by atoms with van der Waals surface area (Å²) in [6.45, 7) is 25.9. The van der Waals surface area contributed by atoms with Gasteiger partial charge in [-0.3, -0.25) is 62.3 Å². The van der Waals surface area contributed by atoms with Gasteiger partial charge in [-0.2, -0.15) is 0 Å². The Morgan fingerprint density at radius 2 is 0.686 bits per heavy atom. The average molecular weight is 1730 g/mol. The molecule has 4 atom stereocenters. The lowest BCUT2D eigenvalue weighted by Gasteiger charge is -2.14. The van der Waals surface area contributed by atoms with Crippen molar-refractivity contribution in [2.75, 3.05) is 132 Å². The van der Waals surface area contributed by atoms with E-state index < -0.39 is 29.9 Å². The highest BCUT2D eigenvalue weighted by Gasteiger charge is 2.24. The predicted molar refractivity (Wildman–Crippen MR) is 467 cm³/mol. The van der Waals surface area contributed by atoms with Crippen molar-refractivity contribution in [2.45, 2.75) is 333 Å². The molecule has 0 aromatic rings. The van der Waals surface area contributed by atoms with Crippen LogP contribution in [-0.2, 0) is 110 Å². The van der Waals surface area contributed by atoms with Crippen LogP contribution in [0, 0.1) is 23.2 Å². The Labute approximate surface area is 727 Å². The van der Waals surface area contributed by atoms with Crippen LogP contribution in [-0.4, -0.2) is 241 Å². The lowest BCUT2D eigenvalue weighted by Crippen LogP contribution is -2.41. The highest BCUT2D eigenvalue weighted by atomic mass is 16.5. The first-order chi connectivity index (χ1) is 57.7. The number of carboxylic acid groups (broad SMARTS) is 3. The molecule has 708 valence electrons. The minimum Gasteiger partial charge on any atom is -1.00 e. The first-order valence-electron chi connectivity index (χ1n) is 44.9. The number of nitrogens with one attached hydrogen (secondary N) is 5. The molecule has 0 heterocycles. The maximum absolute atomic E-state index is 12.4. The Bertz CT molecular complexity index is 2760. The molecule has 31 nitrogen and oxygen atoms in total. The Morgan fingerprint density at radius 3 is 1.10 bits per heavy atom. The molecule has 0 fully saturated rings. The molecule has 8 N–H and O–H groups in total. The Morgan fingerprint density at radius 1 is 0.322 bits per heavy atom. The van der Waals surface area contributed by atoms with E-state index in [-0.39, 0.29) is 207 Å². The molecule has 0 aromatic heterocycles. The molecule has 0 saturated carbocycles. The number of ether oxygens (including phenoxy) is 8. The quantitative estimate of drug-likeness (QED) is 0.0262. The third-order valence-corrected chi connectivity index (χ3v) is 19.5. The fraction of sp³-hybridized carbons (Fsp3) is 0.833. The van der Waals surface area contributed by atoms with E-state index in [0.717, 1.165) is 141 Å². The first kappa shape index (κ1) is 120. The van der Waals surface area contributed by atoms with Crippen molar-refractivity contribution >= 4 is 87.9 Å². The van der Waals surface area contributed by atoms with Crippen LogP contribution in [0.4, 0.5) is 0 Å². The molecule has 5 amide bonds. The number of hydrogen-bond acceptors (Lipinski definition) is 23. The van der Waals surface area contributed by atoms with Crippen molar-refractivity contribution in [2.24, 2.45) is 23.2 Å². The van der Waals surface area contributed by atoms with Gasteiger partial charge in [0.1, 0.15) is 67.2 Å². The second-order valence-electron chi connectivity index (χ2n) is 31.8. The topological polar surface area (TPSA) is 451 Å². The van der Waals surface area contributed by atoms with Gasteiger partial charge in [-0.05, 0) is 119 Å². The Kier molecular flexibility index (Phi) is 86.2. The first-order valence-corrected chi connectivity index (χ1v) is 44.9. The smallest absolute Gasteiger partial charge is 0.326 e. The van der Waals surface area contributed by atoms with E-state index in [2.05, 4.69) is 26.6 Å². The SMILES string of the molecule is CC(=O)C(C)(C)C.CC(=O)[C@@H](C)CCCCNC(=O)COCCOCCCC(=O)COCCOCCNC(=O)CC[C@H](CC(=O)CCCCCCCCCCCCC(=O)O)C(=O)O.CCOCC(=O)NCCCC[C@H](C)C(C)=O.CCOCCNC(=O)COCCOCCCC(=O)CC[C@H](NC(=O)CCCCCCCCCCCCC(C)=O)C(=O)O.[H-].[HH]. The fourth-order valence-corrected chi connectivity index (χ4v) is 11.1. The number of rotatable bonds is 82. The molecular weight excluding hydrogens is 1570 g/mol. The maximum Gasteiger partial charge on any atom is 0.326 e. The van der Waals surface area contributed by atoms with Gasteiger partial charge in [0, 0.05) is 129 Å². The molecule has 0 radical (unpaired) electrons. The number of aliphatic carboxylic acids is 3. The number of Topliss-reactive ketones (excluding diaryl/α,β-unsaturated/α-hetero) is 7. The monoisotopic (exact) mass is 1730 g/mol. The predicted octanol–water partition coefficient (Wildman–Crippen LogP) is 12.9. The summed E-state index contributed by atoms with van der Waals surface area (Å²) in [5.41, 5.74) is -0.139. The molecule has 0 bridgehead atoms. The number of amides is 5. The highest BCUT2D eigenvalue weighted by Crippen LogP contribution is 2.19. The van der Waals surface area contributed by atoms with Crippen LogP contribution < -0.4 is 26.6 Å². The third kappa shape index (κ3) is 93.7. The molecule has 0 aliphatic heterocycles. The Balaban J connectivity index is -0.000000444. The summed E-state index contributed by atoms with van der Waals surface area (Å²) in [6.07, 6.45) is 29.1. The van der Waals surface area contributed by atoms with Gasteiger partial charge in [0.05, 0.1) is 58.8 Å². The summed E-state index contributed by atoms with van der Waals surface area (Å²) < 4.78 is 42.2. The minimum atomic E-state index is -1.14. The second-order valence-corrected chi connectivity index (χ2v) is 31.8. The van der Waals surface area contributed by atoms with Gasteiger partial charge in [0.2, 0.25) is 29.5 Å². The zero-order valence-corrected chi connectivity index (χ0v) is 76.3. The van der Waals surface area contributed by atoms with Gasteiger partial charge in [-0.1, -0.05) is 150 Å². The van der Waals surface area contributed by atoms with Crippen molar-refractivity contribution < 1.29 is 128 Å². The van der Waals surface area contributed by atoms with Crippen LogP contribution in [0.5, 0.6) is 0 Å². The maximum atomic E-state index is 12.4. The van der Waals surface area contributed by atoms with Gasteiger partial charge >= 0.3 is 17.9 Å². The summed E-state index contributed by atoms with van der Waals surface area (Å²) in [4.78, 5) is 173. The zero-order chi connectivity index (χ0) is 91.4. The number of carbonyl (C=O) groups is 15. The largest absolute Gasteiger partial charge is 1.00 e. The molecule has 0 rings (SSSR count). The summed E-state index contributed by atoms with van der Waals surface area (Å²) in [5, 5.41) is 41.1. The normalized spacial score (nSPS) is 12.0. The molecule has 31 heteroatoms. The zero-order valence-electron chi connectivity index (χ0n) is 77.3. The van der Waals surface area contributed by atoms with E-state index in [9.17, 15) is 82.1 Å². The number of carbonyl (C=O) groups excluding carboxylic acids is 12. The van der Waals surface area contributed by atoms with Crippen molar-refractivity contribution in [1.82, 2.24) is 26.6 Å². The number of carboxylic acids is 3. The second kappa shape index (κ2) is 86.6. The number of hydrogen-bond donors (Lipinski definition) is 8. The molecular formula is C90H166N5O26-. The van der Waals surface area contributed by atoms with Crippen molar-refractivity contribution in [3.63, 3.8) is 0 Å². The highest BCUT2D eigenvalue weighted by molar-refractivity contribution is 5.86. The number of unbranched alkanes of at least 4 members (excludes halogenated alkanes) is 20. The minimum absolute atomic E-state index is 0. The van der Waals surface area contributed by atoms with Gasteiger partial charge in [0.15, 0.2) is 5.78 Å². The van der Waals surface area contributed by atoms with Crippen LogP contribution in [0.1, 0.15) is 329 Å². The molecule has 0 aromatic carbocycles. The molecule has 0 spiro atoms. The summed E-state index contributed by atoms with van der Waals surface area (Å²) >= 11 is 0. The van der Waals surface area contributed by atoms with Gasteiger partial charge in [-0.15, -0.1) is 0 Å². The van der Waals surface area contributed by atoms with Crippen molar-refractivity contribution in [3.8, 4) is 0 Å². The summed E-state index contributed by atoms with van der Waals surface area (Å²) in [7, 11) is 0. The molecule has 121 heavy (non-hydrogen) atoms. The van der Waals surface area contributed by atoms with Crippen molar-refractivity contribution in [3.05, 3.63) is 0 Å². The summed E-state index contributed by atoms with van der Waals surface area (Å²) in [5.74, 6) is -4.05. The van der Waals surface area contributed by atoms with Crippen LogP contribution >= 0.6 is 0 Å². The van der Waals surface area contributed by atoms with Gasteiger partial charge in [-0.25, -0.2) is 4.79 Å². The van der Waals surface area contributed by atoms with Crippen LogP contribution in [0.3, 0.4) is 0 Å². The lowest BCUT2D eigenvalue weighted by molar-refractivity contribution is -0.144. The van der Waals surface area contributed by atoms with E-state index >= 15 is 0 Å². The van der Waals surface area contributed by atoms with E-state index in [1.165, 1.54) is 25.7 Å². The number of ketones is 7. The standard InChI is InChI=1S/C41H72N2O13.C31H56N2O9.C12H23NO3.C6H12O.H2.H/c1-33(34(2)44)16-13-14-22-42-39(48)32-56-29-26-53-24-15-18-37(46)31-55-28-27-54-25-23-43-38(47)21-20-35(41(51)52)30-36(45)17-11-9-7-5-3-4-6-8-10-12-19-40(49)50;1-3-40-22-20-32-30(37)25-42-24-23-41-21-14-16-27(35)18-19-28(31(38)39)33-29(36)17-13-11-9-7-5-4-6-8-10-12-15-26(2)34;1-4-16-9-12(15)13-8-6-5-7-10(2)11(3)14;1-5(7)6(2,3)4;;/h33,35H,3-32H2,1-2H3,(H,42,48)(H,43,47)(H,49,50)(H,51,52);28H,3-25H2,1-2H3,(H,32,37)(H,33,36)(H,38,39);10H,4-9H2,1-3H3,(H,13,15);1-4H3;1H;/q;;;;;-1/t33-,35+;28-;10-;;;/m000.../s1. The van der Waals surface area contributed by atoms with Crippen LogP contribution in [0.25, 0.3) is 0 Å². The van der Waals surface area contributed by atoms with E-state index in [0.29, 0.717) is 98.0 Å². The lowest BCUT2D eigenvalue weighted by atomic mass is 9.92. The molecule has 0 aliphatic rings. The Hall–Kier alpha value is -6.87. The van der Waals surface area contributed by atoms with E-state index in [1.807, 2.05) is 48.5 Å². The van der Waals surface area contributed by atoms with Crippen molar-refractivity contribution in [1.29, 1.82) is 0 Å². The van der Waals surface area contributed by atoms with E-state index in [4.69, 9.17) is 43.0 Å². The van der Waals surface area contributed by atoms with Crippen LogP contribution in [0.2, 0.25) is 0 Å².